The van der Waals surface area contributed by atoms with Crippen LogP contribution in [-0.2, 0) is 0 Å². The van der Waals surface area contributed by atoms with Gasteiger partial charge in [-0.2, -0.15) is 5.26 Å². The maximum Gasteiger partial charge on any atom is 0.147 e. The average Bonchev–Trinajstić information content (AvgIpc) is 3.05. The van der Waals surface area contributed by atoms with Gasteiger partial charge in [-0.3, -0.25) is 0 Å². The van der Waals surface area contributed by atoms with Crippen LogP contribution < -0.4 is 4.90 Å². The topological polar surface area (TPSA) is 27.0 Å². The zero-order valence-corrected chi connectivity index (χ0v) is 8.70. The molecule has 2 rings (SSSR count). The van der Waals surface area contributed by atoms with E-state index in [1.807, 2.05) is 13.0 Å². The number of anilines is 1. The first-order valence-corrected chi connectivity index (χ1v) is 5.22. The van der Waals surface area contributed by atoms with Gasteiger partial charge in [-0.25, -0.2) is 4.39 Å². The molecule has 0 spiro atoms. The van der Waals surface area contributed by atoms with Crippen molar-refractivity contribution < 1.29 is 4.39 Å². The van der Waals surface area contributed by atoms with E-state index in [9.17, 15) is 4.39 Å². The first-order valence-electron chi connectivity index (χ1n) is 5.22. The first-order chi connectivity index (χ1) is 7.26. The van der Waals surface area contributed by atoms with Crippen LogP contribution in [0.25, 0.3) is 0 Å². The zero-order chi connectivity index (χ0) is 10.8. The van der Waals surface area contributed by atoms with Crippen LogP contribution in [0.2, 0.25) is 0 Å². The molecule has 1 aliphatic rings. The second kappa shape index (κ2) is 3.90. The Morgan fingerprint density at radius 2 is 2.27 bits per heavy atom. The van der Waals surface area contributed by atoms with Crippen LogP contribution in [0.3, 0.4) is 0 Å². The van der Waals surface area contributed by atoms with E-state index in [-0.39, 0.29) is 5.82 Å². The maximum absolute atomic E-state index is 13.7. The zero-order valence-electron chi connectivity index (χ0n) is 8.70. The van der Waals surface area contributed by atoms with Gasteiger partial charge in [0.1, 0.15) is 5.82 Å². The molecule has 0 atom stereocenters. The monoisotopic (exact) mass is 204 g/mol. The molecule has 0 unspecified atom stereocenters. The van der Waals surface area contributed by atoms with E-state index in [2.05, 4.69) is 4.90 Å². The van der Waals surface area contributed by atoms with Gasteiger partial charge in [-0.1, -0.05) is 0 Å². The second-order valence-electron chi connectivity index (χ2n) is 3.80. The molecule has 0 bridgehead atoms. The van der Waals surface area contributed by atoms with E-state index in [1.54, 1.807) is 12.1 Å². The number of halogens is 1. The molecule has 0 aromatic heterocycles. The van der Waals surface area contributed by atoms with Crippen molar-refractivity contribution in [3.8, 4) is 6.07 Å². The van der Waals surface area contributed by atoms with Crippen molar-refractivity contribution in [2.45, 2.75) is 25.8 Å². The Kier molecular flexibility index (Phi) is 2.59. The highest BCUT2D eigenvalue weighted by atomic mass is 19.1. The molecule has 0 N–H and O–H groups in total. The summed E-state index contributed by atoms with van der Waals surface area (Å²) >= 11 is 0. The SMILES string of the molecule is CCN(c1ccc(C#N)cc1F)C1CC1. The third-order valence-corrected chi connectivity index (χ3v) is 2.71. The van der Waals surface area contributed by atoms with E-state index < -0.39 is 0 Å². The quantitative estimate of drug-likeness (QED) is 0.756. The van der Waals surface area contributed by atoms with Crippen molar-refractivity contribution in [1.29, 1.82) is 5.26 Å². The van der Waals surface area contributed by atoms with Crippen molar-refractivity contribution >= 4 is 5.69 Å². The Morgan fingerprint density at radius 3 is 2.73 bits per heavy atom. The van der Waals surface area contributed by atoms with E-state index in [0.29, 0.717) is 17.3 Å². The average molecular weight is 204 g/mol. The Labute approximate surface area is 88.9 Å². The summed E-state index contributed by atoms with van der Waals surface area (Å²) in [6.07, 6.45) is 2.29. The Hall–Kier alpha value is -1.56. The van der Waals surface area contributed by atoms with Crippen molar-refractivity contribution in [1.82, 2.24) is 0 Å². The summed E-state index contributed by atoms with van der Waals surface area (Å²) in [4.78, 5) is 2.07. The van der Waals surface area contributed by atoms with Crippen molar-refractivity contribution in [2.24, 2.45) is 0 Å². The molecule has 1 fully saturated rings. The fraction of sp³-hybridized carbons (Fsp3) is 0.417. The minimum atomic E-state index is -0.289. The standard InChI is InChI=1S/C12H13FN2/c1-2-15(10-4-5-10)12-6-3-9(8-14)7-11(12)13/h3,6-7,10H,2,4-5H2,1H3. The third-order valence-electron chi connectivity index (χ3n) is 2.71. The molecular weight excluding hydrogens is 191 g/mol. The fourth-order valence-electron chi connectivity index (χ4n) is 1.82. The van der Waals surface area contributed by atoms with Crippen molar-refractivity contribution in [3.63, 3.8) is 0 Å². The number of rotatable bonds is 3. The summed E-state index contributed by atoms with van der Waals surface area (Å²) in [6, 6.07) is 7.12. The molecule has 15 heavy (non-hydrogen) atoms. The van der Waals surface area contributed by atoms with Gasteiger partial charge in [0.25, 0.3) is 0 Å². The minimum Gasteiger partial charge on any atom is -0.366 e. The van der Waals surface area contributed by atoms with Gasteiger partial charge in [0, 0.05) is 12.6 Å². The molecule has 1 aromatic rings. The summed E-state index contributed by atoms with van der Waals surface area (Å²) in [5.41, 5.74) is 1.00. The van der Waals surface area contributed by atoms with Crippen molar-refractivity contribution in [3.05, 3.63) is 29.6 Å². The summed E-state index contributed by atoms with van der Waals surface area (Å²) in [7, 11) is 0. The van der Waals surface area contributed by atoms with E-state index in [4.69, 9.17) is 5.26 Å². The Bertz CT molecular complexity index is 405. The van der Waals surface area contributed by atoms with E-state index in [0.717, 1.165) is 19.4 Å². The van der Waals surface area contributed by atoms with Gasteiger partial charge in [0.15, 0.2) is 0 Å². The molecule has 1 aliphatic carbocycles. The number of hydrogen-bond donors (Lipinski definition) is 0. The van der Waals surface area contributed by atoms with Crippen LogP contribution >= 0.6 is 0 Å². The summed E-state index contributed by atoms with van der Waals surface area (Å²) in [5, 5.41) is 8.64. The van der Waals surface area contributed by atoms with Crippen molar-refractivity contribution in [2.75, 3.05) is 11.4 Å². The van der Waals surface area contributed by atoms with Crippen LogP contribution in [0.1, 0.15) is 25.3 Å². The maximum atomic E-state index is 13.7. The highest BCUT2D eigenvalue weighted by Gasteiger charge is 2.29. The smallest absolute Gasteiger partial charge is 0.147 e. The number of nitriles is 1. The molecule has 2 nitrogen and oxygen atoms in total. The lowest BCUT2D eigenvalue weighted by atomic mass is 10.2. The number of nitrogens with zero attached hydrogens (tertiary/aromatic N) is 2. The number of benzene rings is 1. The molecule has 0 saturated heterocycles. The summed E-state index contributed by atoms with van der Waals surface area (Å²) < 4.78 is 13.7. The van der Waals surface area contributed by atoms with Gasteiger partial charge in [-0.15, -0.1) is 0 Å². The lowest BCUT2D eigenvalue weighted by Crippen LogP contribution is -2.25. The molecule has 1 saturated carbocycles. The molecule has 78 valence electrons. The van der Waals surface area contributed by atoms with Crippen LogP contribution in [0.15, 0.2) is 18.2 Å². The lowest BCUT2D eigenvalue weighted by Gasteiger charge is -2.23. The van der Waals surface area contributed by atoms with Gasteiger partial charge in [0.2, 0.25) is 0 Å². The molecular formula is C12H13FN2. The van der Waals surface area contributed by atoms with Crippen LogP contribution in [0, 0.1) is 17.1 Å². The van der Waals surface area contributed by atoms with Gasteiger partial charge >= 0.3 is 0 Å². The van der Waals surface area contributed by atoms with Gasteiger partial charge in [0.05, 0.1) is 17.3 Å². The minimum absolute atomic E-state index is 0.289. The second-order valence-corrected chi connectivity index (χ2v) is 3.80. The van der Waals surface area contributed by atoms with Gasteiger partial charge < -0.3 is 4.90 Å². The first kappa shape index (κ1) is 9.97. The predicted octanol–water partition coefficient (Wildman–Crippen LogP) is 2.69. The lowest BCUT2D eigenvalue weighted by molar-refractivity contribution is 0.617. The van der Waals surface area contributed by atoms with E-state index in [1.165, 1.54) is 6.07 Å². The summed E-state index contributed by atoms with van der Waals surface area (Å²) in [6.45, 7) is 2.84. The largest absolute Gasteiger partial charge is 0.366 e. The van der Waals surface area contributed by atoms with Gasteiger partial charge in [-0.05, 0) is 38.0 Å². The predicted molar refractivity (Wildman–Crippen MR) is 57.2 cm³/mol. The molecule has 1 aromatic carbocycles. The molecule has 0 amide bonds. The van der Waals surface area contributed by atoms with Crippen LogP contribution in [0.4, 0.5) is 10.1 Å². The molecule has 0 heterocycles. The Balaban J connectivity index is 2.31. The summed E-state index contributed by atoms with van der Waals surface area (Å²) in [5.74, 6) is -0.289. The highest BCUT2D eigenvalue weighted by Crippen LogP contribution is 2.32. The third kappa shape index (κ3) is 1.94. The normalized spacial score (nSPS) is 14.7. The Morgan fingerprint density at radius 1 is 1.53 bits per heavy atom. The van der Waals surface area contributed by atoms with Crippen LogP contribution in [-0.4, -0.2) is 12.6 Å². The molecule has 0 aliphatic heterocycles. The highest BCUT2D eigenvalue weighted by molar-refractivity contribution is 5.52. The van der Waals surface area contributed by atoms with Crippen LogP contribution in [0.5, 0.6) is 0 Å². The molecule has 0 radical (unpaired) electrons. The van der Waals surface area contributed by atoms with E-state index >= 15 is 0 Å². The fourth-order valence-corrected chi connectivity index (χ4v) is 1.82. The number of hydrogen-bond acceptors (Lipinski definition) is 2. The molecule has 3 heteroatoms.